The van der Waals surface area contributed by atoms with Gasteiger partial charge in [0, 0.05) is 35.9 Å². The van der Waals surface area contributed by atoms with Crippen molar-refractivity contribution in [2.24, 2.45) is 0 Å². The van der Waals surface area contributed by atoms with Crippen LogP contribution in [-0.4, -0.2) is 49.0 Å². The number of anilines is 2. The smallest absolute Gasteiger partial charge is 0.272 e. The summed E-state index contributed by atoms with van der Waals surface area (Å²) in [7, 11) is 4.18. The summed E-state index contributed by atoms with van der Waals surface area (Å²) < 4.78 is 27.6. The number of rotatable bonds is 5. The highest BCUT2D eigenvalue weighted by atomic mass is 19.1. The first-order valence-electron chi connectivity index (χ1n) is 10.6. The summed E-state index contributed by atoms with van der Waals surface area (Å²) in [6.07, 6.45) is 2.07. The van der Waals surface area contributed by atoms with E-state index in [9.17, 15) is 13.6 Å². The van der Waals surface area contributed by atoms with Crippen molar-refractivity contribution in [2.75, 3.05) is 37.4 Å². The van der Waals surface area contributed by atoms with E-state index in [-0.39, 0.29) is 17.4 Å². The number of aryl methyl sites for hydroxylation is 1. The Bertz CT molecular complexity index is 1060. The Kier molecular flexibility index (Phi) is 5.96. The zero-order valence-corrected chi connectivity index (χ0v) is 18.1. The molecule has 2 aromatic carbocycles. The van der Waals surface area contributed by atoms with Gasteiger partial charge in [-0.15, -0.1) is 0 Å². The predicted octanol–water partition coefficient (Wildman–Crippen LogP) is 4.87. The van der Waals surface area contributed by atoms with Gasteiger partial charge in [-0.25, -0.2) is 8.78 Å². The number of aromatic nitrogens is 1. The number of benzene rings is 2. The number of nitrogens with one attached hydrogen (secondary N) is 2. The number of amides is 1. The molecule has 0 spiro atoms. The van der Waals surface area contributed by atoms with Gasteiger partial charge >= 0.3 is 0 Å². The third-order valence-corrected chi connectivity index (χ3v) is 6.14. The average Bonchev–Trinajstić information content (AvgIpc) is 3.23. The van der Waals surface area contributed by atoms with Gasteiger partial charge < -0.3 is 20.1 Å². The number of hydrogen-bond donors (Lipinski definition) is 2. The lowest BCUT2D eigenvalue weighted by Gasteiger charge is -2.36. The highest BCUT2D eigenvalue weighted by Crippen LogP contribution is 2.28. The molecule has 0 unspecified atom stereocenters. The van der Waals surface area contributed by atoms with E-state index < -0.39 is 6.67 Å². The van der Waals surface area contributed by atoms with Crippen LogP contribution < -0.4 is 10.2 Å². The summed E-state index contributed by atoms with van der Waals surface area (Å²) in [6.45, 7) is 3.01. The molecule has 0 saturated carbocycles. The molecular formula is C24H28F2N4O. The van der Waals surface area contributed by atoms with Crippen LogP contribution in [0.25, 0.3) is 10.9 Å². The Morgan fingerprint density at radius 2 is 1.94 bits per heavy atom. The second-order valence-electron chi connectivity index (χ2n) is 8.49. The minimum atomic E-state index is -0.609. The minimum Gasteiger partial charge on any atom is -0.371 e. The van der Waals surface area contributed by atoms with E-state index in [1.165, 1.54) is 12.1 Å². The Balaban J connectivity index is 1.56. The van der Waals surface area contributed by atoms with Crippen LogP contribution in [0.4, 0.5) is 20.2 Å². The van der Waals surface area contributed by atoms with Crippen LogP contribution in [0.2, 0.25) is 0 Å². The Morgan fingerprint density at radius 3 is 2.58 bits per heavy atom. The molecule has 1 aliphatic rings. The average molecular weight is 427 g/mol. The Labute approximate surface area is 181 Å². The van der Waals surface area contributed by atoms with E-state index in [0.29, 0.717) is 28.2 Å². The summed E-state index contributed by atoms with van der Waals surface area (Å²) >= 11 is 0. The molecule has 3 aromatic rings. The molecule has 2 heterocycles. The van der Waals surface area contributed by atoms with Crippen LogP contribution in [0.1, 0.15) is 34.5 Å². The summed E-state index contributed by atoms with van der Waals surface area (Å²) in [5.41, 5.74) is 3.68. The summed E-state index contributed by atoms with van der Waals surface area (Å²) in [5, 5.41) is 3.23. The first-order chi connectivity index (χ1) is 14.9. The Hall–Kier alpha value is -2.93. The van der Waals surface area contributed by atoms with Gasteiger partial charge in [-0.1, -0.05) is 6.07 Å². The lowest BCUT2D eigenvalue weighted by Crippen LogP contribution is -2.42. The number of piperidine rings is 1. The topological polar surface area (TPSA) is 51.4 Å². The van der Waals surface area contributed by atoms with Crippen LogP contribution in [0.3, 0.4) is 0 Å². The van der Waals surface area contributed by atoms with Crippen LogP contribution in [0.15, 0.2) is 36.4 Å². The minimum absolute atomic E-state index is 0.266. The van der Waals surface area contributed by atoms with E-state index in [0.717, 1.165) is 37.2 Å². The van der Waals surface area contributed by atoms with Gasteiger partial charge in [-0.3, -0.25) is 4.79 Å². The van der Waals surface area contributed by atoms with E-state index in [4.69, 9.17) is 0 Å². The summed E-state index contributed by atoms with van der Waals surface area (Å²) in [5.74, 6) is -0.762. The van der Waals surface area contributed by atoms with Gasteiger partial charge in [0.15, 0.2) is 0 Å². The SMILES string of the molecule is Cc1ccc(F)c2cc(C(=O)Nc3cc(CF)cc(N4CCC(N(C)C)CC4)c3)[nH]c12. The molecule has 0 aliphatic carbocycles. The van der Waals surface area contributed by atoms with Crippen molar-refractivity contribution >= 4 is 28.2 Å². The van der Waals surface area contributed by atoms with Crippen molar-refractivity contribution in [1.29, 1.82) is 0 Å². The maximum Gasteiger partial charge on any atom is 0.272 e. The van der Waals surface area contributed by atoms with Crippen molar-refractivity contribution in [2.45, 2.75) is 32.5 Å². The molecule has 5 nitrogen and oxygen atoms in total. The quantitative estimate of drug-likeness (QED) is 0.612. The number of fused-ring (bicyclic) bond motifs is 1. The molecule has 4 rings (SSSR count). The number of halogens is 2. The largest absolute Gasteiger partial charge is 0.371 e. The lowest BCUT2D eigenvalue weighted by molar-refractivity contribution is 0.102. The van der Waals surface area contributed by atoms with Crippen molar-refractivity contribution in [3.63, 3.8) is 0 Å². The molecule has 1 fully saturated rings. The molecule has 1 aliphatic heterocycles. The molecule has 0 atom stereocenters. The molecule has 164 valence electrons. The number of H-pyrrole nitrogens is 1. The lowest BCUT2D eigenvalue weighted by atomic mass is 10.0. The van der Waals surface area contributed by atoms with Gasteiger partial charge in [-0.2, -0.15) is 0 Å². The number of nitrogens with zero attached hydrogens (tertiary/aromatic N) is 2. The van der Waals surface area contributed by atoms with Crippen molar-refractivity contribution in [3.8, 4) is 0 Å². The zero-order chi connectivity index (χ0) is 22.1. The number of carbonyl (C=O) groups excluding carboxylic acids is 1. The molecule has 0 bridgehead atoms. The van der Waals surface area contributed by atoms with Crippen LogP contribution >= 0.6 is 0 Å². The monoisotopic (exact) mass is 426 g/mol. The molecule has 7 heteroatoms. The summed E-state index contributed by atoms with van der Waals surface area (Å²) in [4.78, 5) is 20.3. The fraction of sp³-hybridized carbons (Fsp3) is 0.375. The standard InChI is InChI=1S/C24H28F2N4O/c1-15-4-5-21(26)20-13-22(28-23(15)20)24(31)27-17-10-16(14-25)11-19(12-17)30-8-6-18(7-9-30)29(2)3/h4-5,10-13,18,28H,6-9,14H2,1-3H3,(H,27,31). The third-order valence-electron chi connectivity index (χ3n) is 6.14. The number of aromatic amines is 1. The van der Waals surface area contributed by atoms with Crippen LogP contribution in [-0.2, 0) is 6.67 Å². The molecule has 1 aromatic heterocycles. The van der Waals surface area contributed by atoms with E-state index in [1.54, 1.807) is 12.1 Å². The van der Waals surface area contributed by atoms with Gasteiger partial charge in [0.2, 0.25) is 0 Å². The number of alkyl halides is 1. The summed E-state index contributed by atoms with van der Waals surface area (Å²) in [6, 6.07) is 10.5. The first kappa shape index (κ1) is 21.3. The molecule has 0 radical (unpaired) electrons. The zero-order valence-electron chi connectivity index (χ0n) is 18.1. The fourth-order valence-corrected chi connectivity index (χ4v) is 4.29. The molecule has 1 amide bonds. The second kappa shape index (κ2) is 8.67. The maximum absolute atomic E-state index is 14.1. The molecular weight excluding hydrogens is 398 g/mol. The molecule has 31 heavy (non-hydrogen) atoms. The van der Waals surface area contributed by atoms with E-state index in [1.807, 2.05) is 19.1 Å². The molecule has 2 N–H and O–H groups in total. The highest BCUT2D eigenvalue weighted by Gasteiger charge is 2.22. The van der Waals surface area contributed by atoms with E-state index >= 15 is 0 Å². The van der Waals surface area contributed by atoms with Gasteiger partial charge in [-0.05, 0) is 75.3 Å². The van der Waals surface area contributed by atoms with Crippen LogP contribution in [0.5, 0.6) is 0 Å². The maximum atomic E-state index is 14.1. The van der Waals surface area contributed by atoms with Crippen molar-refractivity contribution in [1.82, 2.24) is 9.88 Å². The van der Waals surface area contributed by atoms with E-state index in [2.05, 4.69) is 34.2 Å². The van der Waals surface area contributed by atoms with Crippen molar-refractivity contribution < 1.29 is 13.6 Å². The number of hydrogen-bond acceptors (Lipinski definition) is 3. The molecule has 1 saturated heterocycles. The van der Waals surface area contributed by atoms with Crippen molar-refractivity contribution in [3.05, 3.63) is 59.0 Å². The predicted molar refractivity (Wildman–Crippen MR) is 121 cm³/mol. The van der Waals surface area contributed by atoms with Crippen LogP contribution in [0, 0.1) is 12.7 Å². The highest BCUT2D eigenvalue weighted by molar-refractivity contribution is 6.06. The second-order valence-corrected chi connectivity index (χ2v) is 8.49. The first-order valence-corrected chi connectivity index (χ1v) is 10.6. The fourth-order valence-electron chi connectivity index (χ4n) is 4.29. The van der Waals surface area contributed by atoms with Gasteiger partial charge in [0.05, 0.1) is 5.52 Å². The number of carbonyl (C=O) groups is 1. The van der Waals surface area contributed by atoms with Gasteiger partial charge in [0.25, 0.3) is 5.91 Å². The Morgan fingerprint density at radius 1 is 1.19 bits per heavy atom. The normalized spacial score (nSPS) is 15.1. The van der Waals surface area contributed by atoms with Gasteiger partial charge in [0.1, 0.15) is 18.2 Å². The third kappa shape index (κ3) is 4.42.